The molecule has 0 bridgehead atoms. The summed E-state index contributed by atoms with van der Waals surface area (Å²) in [6.07, 6.45) is 1.88. The van der Waals surface area contributed by atoms with Crippen LogP contribution in [0.4, 0.5) is 0 Å². The van der Waals surface area contributed by atoms with Crippen LogP contribution in [0.1, 0.15) is 46.4 Å². The maximum Gasteiger partial charge on any atom is 0.303 e. The number of benzene rings is 2. The Morgan fingerprint density at radius 1 is 1.00 bits per heavy atom. The molecular formula is C18H16ClNO4. The zero-order valence-corrected chi connectivity index (χ0v) is 13.7. The van der Waals surface area contributed by atoms with E-state index in [1.807, 2.05) is 0 Å². The van der Waals surface area contributed by atoms with E-state index in [0.717, 1.165) is 0 Å². The zero-order chi connectivity index (χ0) is 17.3. The molecule has 0 saturated carbocycles. The van der Waals surface area contributed by atoms with Crippen LogP contribution < -0.4 is 0 Å². The first-order valence-electron chi connectivity index (χ1n) is 7.80. The summed E-state index contributed by atoms with van der Waals surface area (Å²) in [5.74, 6) is -1.48. The molecule has 0 aromatic heterocycles. The summed E-state index contributed by atoms with van der Waals surface area (Å²) >= 11 is 6.17. The lowest BCUT2D eigenvalue weighted by molar-refractivity contribution is -0.137. The molecule has 1 aliphatic heterocycles. The van der Waals surface area contributed by atoms with Crippen molar-refractivity contribution in [3.63, 3.8) is 0 Å². The van der Waals surface area contributed by atoms with E-state index >= 15 is 0 Å². The van der Waals surface area contributed by atoms with Gasteiger partial charge in [0, 0.05) is 39.9 Å². The third-order valence-electron chi connectivity index (χ3n) is 4.21. The number of hydrogen-bond acceptors (Lipinski definition) is 3. The molecule has 0 atom stereocenters. The molecule has 1 aliphatic rings. The number of unbranched alkanes of at least 4 members (excludes halogenated alkanes) is 2. The predicted octanol–water partition coefficient (Wildman–Crippen LogP) is 3.73. The molecular weight excluding hydrogens is 330 g/mol. The number of imide groups is 1. The number of rotatable bonds is 6. The molecule has 0 saturated heterocycles. The van der Waals surface area contributed by atoms with Crippen LogP contribution in [0, 0.1) is 0 Å². The number of halogens is 1. The number of carbonyl (C=O) groups is 3. The first-order valence-corrected chi connectivity index (χ1v) is 8.17. The Morgan fingerprint density at radius 3 is 2.42 bits per heavy atom. The maximum atomic E-state index is 12.7. The molecule has 1 N–H and O–H groups in total. The highest BCUT2D eigenvalue weighted by Gasteiger charge is 2.32. The van der Waals surface area contributed by atoms with Crippen molar-refractivity contribution in [3.05, 3.63) is 46.5 Å². The number of carboxylic acids is 1. The average molecular weight is 346 g/mol. The van der Waals surface area contributed by atoms with Crippen LogP contribution >= 0.6 is 11.6 Å². The summed E-state index contributed by atoms with van der Waals surface area (Å²) in [7, 11) is 0. The summed E-state index contributed by atoms with van der Waals surface area (Å²) < 4.78 is 0. The van der Waals surface area contributed by atoms with Gasteiger partial charge < -0.3 is 5.11 Å². The van der Waals surface area contributed by atoms with Crippen molar-refractivity contribution >= 4 is 40.2 Å². The Labute approximate surface area is 143 Å². The van der Waals surface area contributed by atoms with Crippen LogP contribution in [0.5, 0.6) is 0 Å². The fourth-order valence-electron chi connectivity index (χ4n) is 3.04. The second-order valence-electron chi connectivity index (χ2n) is 5.79. The molecule has 0 spiro atoms. The number of amides is 2. The van der Waals surface area contributed by atoms with Crippen molar-refractivity contribution in [2.24, 2.45) is 0 Å². The second-order valence-corrected chi connectivity index (χ2v) is 6.20. The molecule has 2 aromatic carbocycles. The van der Waals surface area contributed by atoms with Gasteiger partial charge in [-0.05, 0) is 31.0 Å². The van der Waals surface area contributed by atoms with E-state index in [1.54, 1.807) is 30.3 Å². The first kappa shape index (κ1) is 16.5. The van der Waals surface area contributed by atoms with Crippen molar-refractivity contribution in [2.75, 3.05) is 6.54 Å². The number of carbonyl (C=O) groups excluding carboxylic acids is 2. The van der Waals surface area contributed by atoms with E-state index in [4.69, 9.17) is 16.7 Å². The predicted molar refractivity (Wildman–Crippen MR) is 90.4 cm³/mol. The lowest BCUT2D eigenvalue weighted by atomic mass is 9.94. The smallest absolute Gasteiger partial charge is 0.303 e. The van der Waals surface area contributed by atoms with Gasteiger partial charge in [0.05, 0.1) is 0 Å². The SMILES string of the molecule is O=C(O)CCCCCN1C(=O)c2cccc3c(Cl)ccc(c23)C1=O. The zero-order valence-electron chi connectivity index (χ0n) is 12.9. The number of hydrogen-bond donors (Lipinski definition) is 1. The van der Waals surface area contributed by atoms with Gasteiger partial charge in [-0.2, -0.15) is 0 Å². The molecule has 1 heterocycles. The van der Waals surface area contributed by atoms with Crippen molar-refractivity contribution in [1.29, 1.82) is 0 Å². The van der Waals surface area contributed by atoms with Crippen molar-refractivity contribution < 1.29 is 19.5 Å². The van der Waals surface area contributed by atoms with E-state index in [9.17, 15) is 14.4 Å². The minimum absolute atomic E-state index is 0.0997. The van der Waals surface area contributed by atoms with Gasteiger partial charge in [0.25, 0.3) is 11.8 Å². The minimum Gasteiger partial charge on any atom is -0.481 e. The molecule has 3 rings (SSSR count). The molecule has 0 aliphatic carbocycles. The summed E-state index contributed by atoms with van der Waals surface area (Å²) in [5, 5.41) is 10.5. The Hall–Kier alpha value is -2.40. The maximum absolute atomic E-state index is 12.7. The van der Waals surface area contributed by atoms with E-state index in [-0.39, 0.29) is 24.8 Å². The van der Waals surface area contributed by atoms with E-state index in [1.165, 1.54) is 4.90 Å². The molecule has 0 fully saturated rings. The molecule has 5 nitrogen and oxygen atoms in total. The molecule has 6 heteroatoms. The largest absolute Gasteiger partial charge is 0.481 e. The second kappa shape index (κ2) is 6.61. The molecule has 2 aromatic rings. The number of carboxylic acid groups (broad SMARTS) is 1. The summed E-state index contributed by atoms with van der Waals surface area (Å²) in [4.78, 5) is 37.1. The fourth-order valence-corrected chi connectivity index (χ4v) is 3.26. The van der Waals surface area contributed by atoms with Gasteiger partial charge >= 0.3 is 5.97 Å². The highest BCUT2D eigenvalue weighted by atomic mass is 35.5. The Morgan fingerprint density at radius 2 is 1.71 bits per heavy atom. The Balaban J connectivity index is 1.83. The van der Waals surface area contributed by atoms with E-state index in [2.05, 4.69) is 0 Å². The standard InChI is InChI=1S/C18H16ClNO4/c19-14-9-8-13-16-11(14)5-4-6-12(16)17(23)20(18(13)24)10-3-1-2-7-15(21)22/h4-6,8-9H,1-3,7,10H2,(H,21,22). The Bertz CT molecular complexity index is 824. The van der Waals surface area contributed by atoms with Crippen LogP contribution in [-0.4, -0.2) is 34.3 Å². The van der Waals surface area contributed by atoms with Crippen molar-refractivity contribution in [2.45, 2.75) is 25.7 Å². The number of aliphatic carboxylic acids is 1. The third-order valence-corrected chi connectivity index (χ3v) is 4.54. The summed E-state index contributed by atoms with van der Waals surface area (Å²) in [5.41, 5.74) is 0.963. The van der Waals surface area contributed by atoms with Crippen LogP contribution in [0.3, 0.4) is 0 Å². The van der Waals surface area contributed by atoms with E-state index in [0.29, 0.717) is 46.2 Å². The fraction of sp³-hybridized carbons (Fsp3) is 0.278. The molecule has 0 radical (unpaired) electrons. The van der Waals surface area contributed by atoms with Gasteiger partial charge in [-0.3, -0.25) is 19.3 Å². The van der Waals surface area contributed by atoms with Gasteiger partial charge in [-0.15, -0.1) is 0 Å². The quantitative estimate of drug-likeness (QED) is 0.639. The lowest BCUT2D eigenvalue weighted by Gasteiger charge is -2.27. The third kappa shape index (κ3) is 2.87. The van der Waals surface area contributed by atoms with Gasteiger partial charge in [0.15, 0.2) is 0 Å². The molecule has 124 valence electrons. The summed E-state index contributed by atoms with van der Waals surface area (Å²) in [6.45, 7) is 0.287. The van der Waals surface area contributed by atoms with Crippen molar-refractivity contribution in [1.82, 2.24) is 4.90 Å². The van der Waals surface area contributed by atoms with Gasteiger partial charge in [0.1, 0.15) is 0 Å². The molecule has 2 amide bonds. The number of nitrogens with zero attached hydrogens (tertiary/aromatic N) is 1. The molecule has 24 heavy (non-hydrogen) atoms. The minimum atomic E-state index is -0.836. The van der Waals surface area contributed by atoms with Crippen LogP contribution in [0.25, 0.3) is 10.8 Å². The van der Waals surface area contributed by atoms with Crippen LogP contribution in [0.15, 0.2) is 30.3 Å². The van der Waals surface area contributed by atoms with Crippen LogP contribution in [-0.2, 0) is 4.79 Å². The van der Waals surface area contributed by atoms with Gasteiger partial charge in [-0.25, -0.2) is 0 Å². The Kier molecular flexibility index (Phi) is 4.53. The topological polar surface area (TPSA) is 74.7 Å². The lowest BCUT2D eigenvalue weighted by Crippen LogP contribution is -2.40. The highest BCUT2D eigenvalue weighted by Crippen LogP contribution is 2.34. The van der Waals surface area contributed by atoms with Gasteiger partial charge in [-0.1, -0.05) is 30.2 Å². The van der Waals surface area contributed by atoms with Crippen molar-refractivity contribution in [3.8, 4) is 0 Å². The molecule has 0 unspecified atom stereocenters. The first-order chi connectivity index (χ1) is 11.5. The van der Waals surface area contributed by atoms with E-state index < -0.39 is 5.97 Å². The normalized spacial score (nSPS) is 13.6. The monoisotopic (exact) mass is 345 g/mol. The average Bonchev–Trinajstić information content (AvgIpc) is 2.56. The van der Waals surface area contributed by atoms with Crippen LogP contribution in [0.2, 0.25) is 5.02 Å². The highest BCUT2D eigenvalue weighted by molar-refractivity contribution is 6.38. The summed E-state index contributed by atoms with van der Waals surface area (Å²) in [6, 6.07) is 8.58. The van der Waals surface area contributed by atoms with Gasteiger partial charge in [0.2, 0.25) is 0 Å².